The van der Waals surface area contributed by atoms with Gasteiger partial charge in [0, 0.05) is 5.56 Å². The standard InChI is InChI=1S/C15H10N2O/c16-9-12-5-7-15(8-6-12)18-11-14-4-2-1-3-13(14)10-17/h1-8H,11H2. The Labute approximate surface area is 105 Å². The van der Waals surface area contributed by atoms with Crippen LogP contribution in [0.5, 0.6) is 5.75 Å². The summed E-state index contributed by atoms with van der Waals surface area (Å²) in [6, 6.07) is 18.4. The van der Waals surface area contributed by atoms with E-state index in [1.165, 1.54) is 0 Å². The van der Waals surface area contributed by atoms with E-state index in [0.29, 0.717) is 23.5 Å². The molecule has 0 atom stereocenters. The predicted molar refractivity (Wildman–Crippen MR) is 66.6 cm³/mol. The predicted octanol–water partition coefficient (Wildman–Crippen LogP) is 3.01. The van der Waals surface area contributed by atoms with Gasteiger partial charge in [-0.1, -0.05) is 18.2 Å². The summed E-state index contributed by atoms with van der Waals surface area (Å²) in [6.45, 7) is 0.343. The molecule has 0 heterocycles. The highest BCUT2D eigenvalue weighted by atomic mass is 16.5. The fraction of sp³-hybridized carbons (Fsp3) is 0.0667. The van der Waals surface area contributed by atoms with Gasteiger partial charge in [-0.05, 0) is 30.3 Å². The highest BCUT2D eigenvalue weighted by Crippen LogP contribution is 2.15. The minimum atomic E-state index is 0.343. The summed E-state index contributed by atoms with van der Waals surface area (Å²) < 4.78 is 5.57. The Morgan fingerprint density at radius 3 is 2.28 bits per heavy atom. The molecular formula is C15H10N2O. The molecule has 0 fully saturated rings. The summed E-state index contributed by atoms with van der Waals surface area (Å²) in [4.78, 5) is 0. The van der Waals surface area contributed by atoms with E-state index < -0.39 is 0 Å². The van der Waals surface area contributed by atoms with Gasteiger partial charge in [0.05, 0.1) is 23.3 Å². The van der Waals surface area contributed by atoms with E-state index >= 15 is 0 Å². The summed E-state index contributed by atoms with van der Waals surface area (Å²) >= 11 is 0. The molecule has 0 aliphatic carbocycles. The lowest BCUT2D eigenvalue weighted by Gasteiger charge is -2.07. The molecule has 0 radical (unpaired) electrons. The minimum absolute atomic E-state index is 0.343. The third-order valence-electron chi connectivity index (χ3n) is 2.52. The fourth-order valence-corrected chi connectivity index (χ4v) is 1.54. The van der Waals surface area contributed by atoms with E-state index in [4.69, 9.17) is 15.3 Å². The van der Waals surface area contributed by atoms with Crippen LogP contribution in [0.1, 0.15) is 16.7 Å². The second-order valence-corrected chi connectivity index (χ2v) is 3.69. The van der Waals surface area contributed by atoms with Crippen molar-refractivity contribution < 1.29 is 4.74 Å². The van der Waals surface area contributed by atoms with Crippen molar-refractivity contribution in [2.75, 3.05) is 0 Å². The van der Waals surface area contributed by atoms with Crippen molar-refractivity contribution in [2.45, 2.75) is 6.61 Å². The van der Waals surface area contributed by atoms with E-state index in [1.54, 1.807) is 30.3 Å². The molecule has 0 aromatic heterocycles. The minimum Gasteiger partial charge on any atom is -0.489 e. The molecule has 3 nitrogen and oxygen atoms in total. The van der Waals surface area contributed by atoms with Crippen LogP contribution in [-0.4, -0.2) is 0 Å². The summed E-state index contributed by atoms with van der Waals surface area (Å²) in [7, 11) is 0. The first-order valence-corrected chi connectivity index (χ1v) is 5.44. The summed E-state index contributed by atoms with van der Waals surface area (Å²) in [5.41, 5.74) is 2.07. The molecule has 3 heteroatoms. The highest BCUT2D eigenvalue weighted by Gasteiger charge is 2.01. The smallest absolute Gasteiger partial charge is 0.119 e. The van der Waals surface area contributed by atoms with Gasteiger partial charge in [-0.25, -0.2) is 0 Å². The Morgan fingerprint density at radius 2 is 1.61 bits per heavy atom. The van der Waals surface area contributed by atoms with Crippen LogP contribution in [0.25, 0.3) is 0 Å². The van der Waals surface area contributed by atoms with Crippen molar-refractivity contribution in [3.05, 3.63) is 65.2 Å². The third kappa shape index (κ3) is 2.66. The average Bonchev–Trinajstić information content (AvgIpc) is 2.46. The summed E-state index contributed by atoms with van der Waals surface area (Å²) in [5.74, 6) is 0.682. The van der Waals surface area contributed by atoms with Crippen LogP contribution in [0.2, 0.25) is 0 Å². The first kappa shape index (κ1) is 11.7. The highest BCUT2D eigenvalue weighted by molar-refractivity contribution is 5.38. The first-order valence-electron chi connectivity index (χ1n) is 5.44. The molecule has 0 saturated carbocycles. The van der Waals surface area contributed by atoms with E-state index in [2.05, 4.69) is 6.07 Å². The maximum absolute atomic E-state index is 8.94. The van der Waals surface area contributed by atoms with Gasteiger partial charge in [0.25, 0.3) is 0 Å². The SMILES string of the molecule is N#Cc1ccc(OCc2ccccc2C#N)cc1. The van der Waals surface area contributed by atoms with Gasteiger partial charge in [0.15, 0.2) is 0 Å². The first-order chi connectivity index (χ1) is 8.83. The quantitative estimate of drug-likeness (QED) is 0.820. The van der Waals surface area contributed by atoms with Crippen LogP contribution in [0.15, 0.2) is 48.5 Å². The maximum Gasteiger partial charge on any atom is 0.119 e. The number of ether oxygens (including phenoxy) is 1. The van der Waals surface area contributed by atoms with Gasteiger partial charge < -0.3 is 4.74 Å². The van der Waals surface area contributed by atoms with Gasteiger partial charge in [0.2, 0.25) is 0 Å². The molecule has 0 aliphatic heterocycles. The molecule has 18 heavy (non-hydrogen) atoms. The fourth-order valence-electron chi connectivity index (χ4n) is 1.54. The topological polar surface area (TPSA) is 56.8 Å². The lowest BCUT2D eigenvalue weighted by Crippen LogP contribution is -1.97. The number of rotatable bonds is 3. The second-order valence-electron chi connectivity index (χ2n) is 3.69. The van der Waals surface area contributed by atoms with Gasteiger partial charge in [-0.15, -0.1) is 0 Å². The molecule has 0 bridgehead atoms. The van der Waals surface area contributed by atoms with Crippen molar-refractivity contribution in [1.82, 2.24) is 0 Å². The zero-order valence-electron chi connectivity index (χ0n) is 9.63. The van der Waals surface area contributed by atoms with E-state index in [0.717, 1.165) is 5.56 Å². The number of benzene rings is 2. The molecule has 2 rings (SSSR count). The van der Waals surface area contributed by atoms with Gasteiger partial charge in [-0.2, -0.15) is 10.5 Å². The van der Waals surface area contributed by atoms with E-state index in [1.807, 2.05) is 24.3 Å². The van der Waals surface area contributed by atoms with E-state index in [-0.39, 0.29) is 0 Å². The summed E-state index contributed by atoms with van der Waals surface area (Å²) in [6.07, 6.45) is 0. The molecule has 0 aliphatic rings. The van der Waals surface area contributed by atoms with Gasteiger partial charge >= 0.3 is 0 Å². The summed E-state index contributed by atoms with van der Waals surface area (Å²) in [5, 5.41) is 17.6. The Kier molecular flexibility index (Phi) is 3.59. The molecule has 2 aromatic carbocycles. The molecule has 0 N–H and O–H groups in total. The Morgan fingerprint density at radius 1 is 0.889 bits per heavy atom. The number of nitrogens with zero attached hydrogens (tertiary/aromatic N) is 2. The third-order valence-corrected chi connectivity index (χ3v) is 2.52. The normalized spacial score (nSPS) is 9.22. The van der Waals surface area contributed by atoms with Crippen molar-refractivity contribution >= 4 is 0 Å². The maximum atomic E-state index is 8.94. The number of nitriles is 2. The number of hydrogen-bond acceptors (Lipinski definition) is 3. The molecule has 0 unspecified atom stereocenters. The van der Waals surface area contributed by atoms with Crippen LogP contribution < -0.4 is 4.74 Å². The van der Waals surface area contributed by atoms with Gasteiger partial charge in [0.1, 0.15) is 12.4 Å². The van der Waals surface area contributed by atoms with Crippen LogP contribution >= 0.6 is 0 Å². The lowest BCUT2D eigenvalue weighted by atomic mass is 10.1. The molecule has 0 amide bonds. The van der Waals surface area contributed by atoms with Crippen LogP contribution in [0.4, 0.5) is 0 Å². The lowest BCUT2D eigenvalue weighted by molar-refractivity contribution is 0.306. The molecule has 0 spiro atoms. The molecule has 86 valence electrons. The van der Waals surface area contributed by atoms with Crippen molar-refractivity contribution in [3.8, 4) is 17.9 Å². The van der Waals surface area contributed by atoms with Crippen molar-refractivity contribution in [1.29, 1.82) is 10.5 Å². The second kappa shape index (κ2) is 5.52. The van der Waals surface area contributed by atoms with Crippen LogP contribution in [0.3, 0.4) is 0 Å². The van der Waals surface area contributed by atoms with E-state index in [9.17, 15) is 0 Å². The molecular weight excluding hydrogens is 224 g/mol. The molecule has 0 saturated heterocycles. The Hall–Kier alpha value is -2.78. The zero-order valence-corrected chi connectivity index (χ0v) is 9.63. The monoisotopic (exact) mass is 234 g/mol. The Balaban J connectivity index is 2.07. The van der Waals surface area contributed by atoms with Crippen molar-refractivity contribution in [2.24, 2.45) is 0 Å². The average molecular weight is 234 g/mol. The van der Waals surface area contributed by atoms with Crippen molar-refractivity contribution in [3.63, 3.8) is 0 Å². The number of hydrogen-bond donors (Lipinski definition) is 0. The van der Waals surface area contributed by atoms with Crippen LogP contribution in [0, 0.1) is 22.7 Å². The zero-order chi connectivity index (χ0) is 12.8. The Bertz CT molecular complexity index is 618. The van der Waals surface area contributed by atoms with Gasteiger partial charge in [-0.3, -0.25) is 0 Å². The van der Waals surface area contributed by atoms with Crippen LogP contribution in [-0.2, 0) is 6.61 Å². The largest absolute Gasteiger partial charge is 0.489 e. The molecule has 2 aromatic rings.